The van der Waals surface area contributed by atoms with Crippen LogP contribution in [-0.2, 0) is 18.0 Å². The first-order valence-corrected chi connectivity index (χ1v) is 14.0. The molecule has 0 heterocycles. The van der Waals surface area contributed by atoms with E-state index in [2.05, 4.69) is 62.4 Å². The van der Waals surface area contributed by atoms with Gasteiger partial charge in [0.1, 0.15) is 0 Å². The van der Waals surface area contributed by atoms with Gasteiger partial charge >= 0.3 is 0 Å². The van der Waals surface area contributed by atoms with Gasteiger partial charge in [0.15, 0.2) is 0 Å². The van der Waals surface area contributed by atoms with E-state index in [4.69, 9.17) is 4.74 Å². The van der Waals surface area contributed by atoms with E-state index in [0.29, 0.717) is 13.2 Å². The Kier molecular flexibility index (Phi) is 9.47. The molecule has 0 radical (unpaired) electrons. The van der Waals surface area contributed by atoms with Gasteiger partial charge < -0.3 is 4.74 Å². The third-order valence-electron chi connectivity index (χ3n) is 8.53. The van der Waals surface area contributed by atoms with E-state index in [-0.39, 0.29) is 0 Å². The zero-order chi connectivity index (χ0) is 22.9. The van der Waals surface area contributed by atoms with E-state index in [1.807, 2.05) is 0 Å². The highest BCUT2D eigenvalue weighted by Crippen LogP contribution is 2.38. The molecule has 1 heteroatoms. The van der Waals surface area contributed by atoms with Crippen LogP contribution in [0.5, 0.6) is 0 Å². The Balaban J connectivity index is 1.18. The van der Waals surface area contributed by atoms with Gasteiger partial charge in [-0.3, -0.25) is 0 Å². The highest BCUT2D eigenvalue weighted by atomic mass is 16.5. The Morgan fingerprint density at radius 1 is 0.545 bits per heavy atom. The van der Waals surface area contributed by atoms with Crippen LogP contribution in [0.2, 0.25) is 0 Å². The van der Waals surface area contributed by atoms with Crippen LogP contribution in [0.25, 0.3) is 0 Å². The maximum Gasteiger partial charge on any atom is 0.0721 e. The Bertz CT molecular complexity index is 720. The van der Waals surface area contributed by atoms with Crippen molar-refractivity contribution in [3.8, 4) is 0 Å². The van der Waals surface area contributed by atoms with Crippen molar-refractivity contribution in [2.75, 3.05) is 0 Å². The van der Waals surface area contributed by atoms with Crippen molar-refractivity contribution in [3.05, 3.63) is 70.8 Å². The van der Waals surface area contributed by atoms with Gasteiger partial charge in [0.25, 0.3) is 0 Å². The minimum atomic E-state index is 0.701. The van der Waals surface area contributed by atoms with Crippen LogP contribution in [0.15, 0.2) is 48.5 Å². The maximum atomic E-state index is 6.06. The van der Waals surface area contributed by atoms with Crippen LogP contribution >= 0.6 is 0 Å². The van der Waals surface area contributed by atoms with Crippen LogP contribution < -0.4 is 0 Å². The summed E-state index contributed by atoms with van der Waals surface area (Å²) < 4.78 is 6.06. The monoisotopic (exact) mass is 446 g/mol. The lowest BCUT2D eigenvalue weighted by molar-refractivity contribution is 0.107. The minimum absolute atomic E-state index is 0.701. The molecule has 1 nitrogen and oxygen atoms in total. The molecule has 0 saturated heterocycles. The third kappa shape index (κ3) is 7.19. The fourth-order valence-electron chi connectivity index (χ4n) is 6.44. The molecular formula is C32H46O. The standard InChI is InChI=1S/C32H46O/c1-3-5-25-7-15-29(16-8-25)31-19-11-27(12-20-31)23-33-24-28-13-21-32(22-14-28)30-17-9-26(6-4-2)10-18-30/h11-14,19-22,25-26,29-30H,3-10,15-18,23-24H2,1-2H3. The van der Waals surface area contributed by atoms with Crippen molar-refractivity contribution in [2.24, 2.45) is 11.8 Å². The second-order valence-electron chi connectivity index (χ2n) is 11.0. The number of ether oxygens (including phenoxy) is 1. The molecule has 33 heavy (non-hydrogen) atoms. The lowest BCUT2D eigenvalue weighted by Gasteiger charge is -2.28. The summed E-state index contributed by atoms with van der Waals surface area (Å²) in [5.41, 5.74) is 5.65. The molecule has 0 spiro atoms. The molecule has 0 amide bonds. The zero-order valence-corrected chi connectivity index (χ0v) is 21.2. The predicted molar refractivity (Wildman–Crippen MR) is 141 cm³/mol. The van der Waals surface area contributed by atoms with Gasteiger partial charge in [0.2, 0.25) is 0 Å². The van der Waals surface area contributed by atoms with Gasteiger partial charge in [-0.25, -0.2) is 0 Å². The first-order chi connectivity index (χ1) is 16.2. The summed E-state index contributed by atoms with van der Waals surface area (Å²) in [5.74, 6) is 3.50. The lowest BCUT2D eigenvalue weighted by Crippen LogP contribution is -2.13. The maximum absolute atomic E-state index is 6.06. The molecule has 180 valence electrons. The van der Waals surface area contributed by atoms with Crippen LogP contribution in [0.1, 0.15) is 125 Å². The van der Waals surface area contributed by atoms with Crippen molar-refractivity contribution in [1.82, 2.24) is 0 Å². The lowest BCUT2D eigenvalue weighted by atomic mass is 9.77. The molecule has 0 N–H and O–H groups in total. The summed E-state index contributed by atoms with van der Waals surface area (Å²) in [6.45, 7) is 6.04. The van der Waals surface area contributed by atoms with E-state index >= 15 is 0 Å². The van der Waals surface area contributed by atoms with Gasteiger partial charge in [0.05, 0.1) is 13.2 Å². The minimum Gasteiger partial charge on any atom is -0.372 e. The van der Waals surface area contributed by atoms with Gasteiger partial charge in [0, 0.05) is 0 Å². The second kappa shape index (κ2) is 12.7. The molecule has 2 aliphatic carbocycles. The first-order valence-electron chi connectivity index (χ1n) is 14.0. The molecule has 2 saturated carbocycles. The van der Waals surface area contributed by atoms with E-state index in [0.717, 1.165) is 23.7 Å². The molecule has 0 bridgehead atoms. The van der Waals surface area contributed by atoms with Gasteiger partial charge in [-0.1, -0.05) is 88.1 Å². The Morgan fingerprint density at radius 3 is 1.24 bits per heavy atom. The largest absolute Gasteiger partial charge is 0.372 e. The van der Waals surface area contributed by atoms with Crippen molar-refractivity contribution in [3.63, 3.8) is 0 Å². The fourth-order valence-corrected chi connectivity index (χ4v) is 6.44. The molecule has 0 aliphatic heterocycles. The number of hydrogen-bond acceptors (Lipinski definition) is 1. The summed E-state index contributed by atoms with van der Waals surface area (Å²) in [7, 11) is 0. The summed E-state index contributed by atoms with van der Waals surface area (Å²) in [4.78, 5) is 0. The predicted octanol–water partition coefficient (Wildman–Crippen LogP) is 9.55. The van der Waals surface area contributed by atoms with Crippen LogP contribution in [0, 0.1) is 11.8 Å². The number of hydrogen-bond donors (Lipinski definition) is 0. The molecule has 2 aromatic carbocycles. The van der Waals surface area contributed by atoms with Crippen molar-refractivity contribution < 1.29 is 4.74 Å². The molecule has 4 rings (SSSR count). The Labute approximate surface area is 203 Å². The average molecular weight is 447 g/mol. The SMILES string of the molecule is CCCC1CCC(c2ccc(COCc3ccc(C4CCC(CCC)CC4)cc3)cc2)CC1. The molecule has 0 aromatic heterocycles. The van der Waals surface area contributed by atoms with Crippen LogP contribution in [0.4, 0.5) is 0 Å². The molecule has 0 unspecified atom stereocenters. The highest BCUT2D eigenvalue weighted by Gasteiger charge is 2.22. The van der Waals surface area contributed by atoms with Crippen molar-refractivity contribution >= 4 is 0 Å². The fraction of sp³-hybridized carbons (Fsp3) is 0.625. The molecule has 0 atom stereocenters. The smallest absolute Gasteiger partial charge is 0.0721 e. The molecule has 2 aliphatic rings. The van der Waals surface area contributed by atoms with Crippen molar-refractivity contribution in [1.29, 1.82) is 0 Å². The molecule has 2 aromatic rings. The van der Waals surface area contributed by atoms with Gasteiger partial charge in [-0.05, 0) is 97.3 Å². The summed E-state index contributed by atoms with van der Waals surface area (Å²) >= 11 is 0. The normalized spacial score (nSPS) is 25.8. The van der Waals surface area contributed by atoms with Crippen LogP contribution in [-0.4, -0.2) is 0 Å². The van der Waals surface area contributed by atoms with E-state index in [9.17, 15) is 0 Å². The van der Waals surface area contributed by atoms with Crippen LogP contribution in [0.3, 0.4) is 0 Å². The third-order valence-corrected chi connectivity index (χ3v) is 8.53. The topological polar surface area (TPSA) is 9.23 Å². The van der Waals surface area contributed by atoms with Crippen molar-refractivity contribution in [2.45, 2.75) is 116 Å². The Hall–Kier alpha value is -1.60. The highest BCUT2D eigenvalue weighted by molar-refractivity contribution is 5.27. The summed E-state index contributed by atoms with van der Waals surface area (Å²) in [5, 5.41) is 0. The summed E-state index contributed by atoms with van der Waals surface area (Å²) in [6, 6.07) is 18.6. The van der Waals surface area contributed by atoms with E-state index in [1.54, 1.807) is 0 Å². The van der Waals surface area contributed by atoms with Gasteiger partial charge in [-0.2, -0.15) is 0 Å². The quantitative estimate of drug-likeness (QED) is 0.353. The van der Waals surface area contributed by atoms with E-state index < -0.39 is 0 Å². The number of rotatable bonds is 10. The van der Waals surface area contributed by atoms with Gasteiger partial charge in [-0.15, -0.1) is 0 Å². The number of benzene rings is 2. The second-order valence-corrected chi connectivity index (χ2v) is 11.0. The Morgan fingerprint density at radius 2 is 0.909 bits per heavy atom. The first kappa shape index (κ1) is 24.5. The zero-order valence-electron chi connectivity index (χ0n) is 21.2. The summed E-state index contributed by atoms with van der Waals surface area (Å²) in [6.07, 6.45) is 16.7. The molecular weight excluding hydrogens is 400 g/mol. The average Bonchev–Trinajstić information content (AvgIpc) is 2.86. The van der Waals surface area contributed by atoms with E-state index in [1.165, 1.54) is 99.3 Å². The molecule has 2 fully saturated rings.